The predicted molar refractivity (Wildman–Crippen MR) is 109 cm³/mol. The Kier molecular flexibility index (Phi) is 4.59. The molecular weight excluding hydrogens is 414 g/mol. The Morgan fingerprint density at radius 2 is 1.96 bits per heavy atom. The summed E-state index contributed by atoms with van der Waals surface area (Å²) in [5.74, 6) is 0.993. The second-order valence-corrected chi connectivity index (χ2v) is 7.95. The van der Waals surface area contributed by atoms with Gasteiger partial charge >= 0.3 is 0 Å². The van der Waals surface area contributed by atoms with E-state index in [1.807, 2.05) is 48.5 Å². The van der Waals surface area contributed by atoms with Crippen LogP contribution in [0.1, 0.15) is 18.2 Å². The zero-order chi connectivity index (χ0) is 18.3. The molecule has 3 aromatic rings. The van der Waals surface area contributed by atoms with Gasteiger partial charge in [-0.2, -0.15) is 0 Å². The van der Waals surface area contributed by atoms with Gasteiger partial charge in [0.2, 0.25) is 5.91 Å². The number of carbonyl (C=O) groups excluding carboxylic acids is 1. The predicted octanol–water partition coefficient (Wildman–Crippen LogP) is 5.12. The van der Waals surface area contributed by atoms with Gasteiger partial charge in [0, 0.05) is 23.4 Å². The molecule has 1 aromatic heterocycles. The summed E-state index contributed by atoms with van der Waals surface area (Å²) in [6, 6.07) is 15.5. The van der Waals surface area contributed by atoms with Gasteiger partial charge < -0.3 is 9.47 Å². The van der Waals surface area contributed by atoms with Crippen LogP contribution in [0.2, 0.25) is 5.02 Å². The van der Waals surface area contributed by atoms with Crippen molar-refractivity contribution in [3.63, 3.8) is 0 Å². The first-order valence-corrected chi connectivity index (χ1v) is 9.55. The highest BCUT2D eigenvalue weighted by Crippen LogP contribution is 2.36. The molecule has 0 aliphatic carbocycles. The first kappa shape index (κ1) is 17.3. The lowest BCUT2D eigenvalue weighted by Crippen LogP contribution is -2.24. The summed E-state index contributed by atoms with van der Waals surface area (Å²) in [4.78, 5) is 19.2. The zero-order valence-electron chi connectivity index (χ0n) is 14.0. The number of halogens is 2. The summed E-state index contributed by atoms with van der Waals surface area (Å²) < 4.78 is 3.01. The zero-order valence-corrected chi connectivity index (χ0v) is 16.4. The van der Waals surface area contributed by atoms with Crippen molar-refractivity contribution < 1.29 is 4.79 Å². The highest BCUT2D eigenvalue weighted by Gasteiger charge is 2.35. The van der Waals surface area contributed by atoms with Crippen LogP contribution in [0.3, 0.4) is 0 Å². The molecule has 2 aromatic carbocycles. The Morgan fingerprint density at radius 3 is 2.73 bits per heavy atom. The van der Waals surface area contributed by atoms with Gasteiger partial charge in [0.05, 0.1) is 28.3 Å². The number of nitrogens with zero attached hydrogens (tertiary/aromatic N) is 3. The van der Waals surface area contributed by atoms with Crippen LogP contribution in [0.25, 0.3) is 11.0 Å². The molecule has 26 heavy (non-hydrogen) atoms. The fourth-order valence-corrected chi connectivity index (χ4v) is 4.02. The Bertz CT molecular complexity index is 1010. The molecule has 0 radical (unpaired) electrons. The van der Waals surface area contributed by atoms with Gasteiger partial charge in [-0.25, -0.2) is 4.98 Å². The maximum Gasteiger partial charge on any atom is 0.227 e. The van der Waals surface area contributed by atoms with E-state index in [1.54, 1.807) is 4.90 Å². The van der Waals surface area contributed by atoms with Crippen molar-refractivity contribution >= 4 is 50.2 Å². The molecule has 1 unspecified atom stereocenters. The molecule has 1 atom stereocenters. The van der Waals surface area contributed by atoms with Crippen LogP contribution in [0.15, 0.2) is 59.6 Å². The fraction of sp³-hybridized carbons (Fsp3) is 0.200. The van der Waals surface area contributed by atoms with Gasteiger partial charge in [-0.3, -0.25) is 4.79 Å². The van der Waals surface area contributed by atoms with Gasteiger partial charge in [0.1, 0.15) is 5.82 Å². The molecule has 1 aliphatic rings. The van der Waals surface area contributed by atoms with E-state index in [0.717, 1.165) is 27.0 Å². The highest BCUT2D eigenvalue weighted by atomic mass is 79.9. The van der Waals surface area contributed by atoms with Crippen molar-refractivity contribution in [1.82, 2.24) is 9.55 Å². The summed E-state index contributed by atoms with van der Waals surface area (Å²) in [5, 5.41) is 0.587. The molecule has 1 fully saturated rings. The maximum absolute atomic E-state index is 12.7. The summed E-state index contributed by atoms with van der Waals surface area (Å²) in [5.41, 5.74) is 2.74. The van der Waals surface area contributed by atoms with Gasteiger partial charge in [0.15, 0.2) is 0 Å². The second-order valence-electron chi connectivity index (χ2n) is 6.42. The number of hydrogen-bond donors (Lipinski definition) is 0. The number of anilines is 1. The molecule has 0 saturated carbocycles. The first-order chi connectivity index (χ1) is 12.5. The van der Waals surface area contributed by atoms with E-state index in [-0.39, 0.29) is 11.8 Å². The number of carbonyl (C=O) groups is 1. The number of imidazole rings is 1. The SMILES string of the molecule is C=C(Br)Cn1c(C2CC(=O)N(c3ccccc3Cl)C2)nc2ccccc21. The molecule has 6 heteroatoms. The van der Waals surface area contributed by atoms with Crippen molar-refractivity contribution in [2.45, 2.75) is 18.9 Å². The largest absolute Gasteiger partial charge is 0.323 e. The maximum atomic E-state index is 12.7. The van der Waals surface area contributed by atoms with Crippen LogP contribution in [0, 0.1) is 0 Å². The summed E-state index contributed by atoms with van der Waals surface area (Å²) in [7, 11) is 0. The van der Waals surface area contributed by atoms with Gasteiger partial charge in [-0.1, -0.05) is 58.4 Å². The van der Waals surface area contributed by atoms with E-state index in [1.165, 1.54) is 0 Å². The number of benzene rings is 2. The highest BCUT2D eigenvalue weighted by molar-refractivity contribution is 9.11. The Hall–Kier alpha value is -2.11. The molecule has 2 heterocycles. The van der Waals surface area contributed by atoms with Crippen LogP contribution in [-0.4, -0.2) is 22.0 Å². The number of hydrogen-bond acceptors (Lipinski definition) is 2. The average Bonchev–Trinajstić information content (AvgIpc) is 3.16. The number of amides is 1. The number of fused-ring (bicyclic) bond motifs is 1. The quantitative estimate of drug-likeness (QED) is 0.576. The van der Waals surface area contributed by atoms with E-state index in [9.17, 15) is 4.79 Å². The molecule has 132 valence electrons. The lowest BCUT2D eigenvalue weighted by molar-refractivity contribution is -0.117. The molecule has 4 rings (SSSR count). The molecule has 0 bridgehead atoms. The smallest absolute Gasteiger partial charge is 0.227 e. The lowest BCUT2D eigenvalue weighted by Gasteiger charge is -2.18. The molecular formula is C20H17BrClN3O. The van der Waals surface area contributed by atoms with E-state index >= 15 is 0 Å². The third-order valence-electron chi connectivity index (χ3n) is 4.65. The minimum absolute atomic E-state index is 0.0121. The third kappa shape index (κ3) is 3.06. The molecule has 1 aliphatic heterocycles. The van der Waals surface area contributed by atoms with Crippen LogP contribution >= 0.6 is 27.5 Å². The Morgan fingerprint density at radius 1 is 1.23 bits per heavy atom. The standard InChI is InChI=1S/C20H17BrClN3O/c1-13(21)11-25-18-9-5-3-7-16(18)23-20(25)14-10-19(26)24(12-14)17-8-4-2-6-15(17)22/h2-9,14H,1,10-12H2. The van der Waals surface area contributed by atoms with Crippen molar-refractivity contribution in [3.05, 3.63) is 70.4 Å². The topological polar surface area (TPSA) is 38.1 Å². The summed E-state index contributed by atoms with van der Waals surface area (Å²) >= 11 is 9.75. The van der Waals surface area contributed by atoms with Crippen molar-refractivity contribution in [2.24, 2.45) is 0 Å². The number of allylic oxidation sites excluding steroid dienone is 1. The monoisotopic (exact) mass is 429 g/mol. The van der Waals surface area contributed by atoms with E-state index in [4.69, 9.17) is 16.6 Å². The Labute approximate surface area is 165 Å². The van der Waals surface area contributed by atoms with E-state index in [2.05, 4.69) is 27.1 Å². The molecule has 0 spiro atoms. The second kappa shape index (κ2) is 6.89. The van der Waals surface area contributed by atoms with E-state index < -0.39 is 0 Å². The average molecular weight is 431 g/mol. The summed E-state index contributed by atoms with van der Waals surface area (Å²) in [6.07, 6.45) is 0.420. The van der Waals surface area contributed by atoms with Crippen molar-refractivity contribution in [3.8, 4) is 0 Å². The molecule has 1 amide bonds. The number of aromatic nitrogens is 2. The van der Waals surface area contributed by atoms with Crippen LogP contribution < -0.4 is 4.90 Å². The van der Waals surface area contributed by atoms with Crippen LogP contribution in [-0.2, 0) is 11.3 Å². The molecule has 1 saturated heterocycles. The normalized spacial score (nSPS) is 17.2. The Balaban J connectivity index is 1.73. The lowest BCUT2D eigenvalue weighted by atomic mass is 10.1. The minimum Gasteiger partial charge on any atom is -0.323 e. The van der Waals surface area contributed by atoms with Gasteiger partial charge in [-0.05, 0) is 24.3 Å². The molecule has 0 N–H and O–H groups in total. The van der Waals surface area contributed by atoms with Crippen molar-refractivity contribution in [1.29, 1.82) is 0 Å². The third-order valence-corrected chi connectivity index (χ3v) is 5.22. The number of rotatable bonds is 4. The minimum atomic E-state index is 0.0121. The van der Waals surface area contributed by atoms with Gasteiger partial charge in [-0.15, -0.1) is 0 Å². The van der Waals surface area contributed by atoms with Crippen LogP contribution in [0.4, 0.5) is 5.69 Å². The van der Waals surface area contributed by atoms with Gasteiger partial charge in [0.25, 0.3) is 0 Å². The molecule has 4 nitrogen and oxygen atoms in total. The van der Waals surface area contributed by atoms with E-state index in [0.29, 0.717) is 24.5 Å². The number of para-hydroxylation sites is 3. The first-order valence-electron chi connectivity index (χ1n) is 8.38. The van der Waals surface area contributed by atoms with Crippen LogP contribution in [0.5, 0.6) is 0 Å². The summed E-state index contributed by atoms with van der Waals surface area (Å²) in [6.45, 7) is 5.15. The fourth-order valence-electron chi connectivity index (χ4n) is 3.53. The van der Waals surface area contributed by atoms with Crippen molar-refractivity contribution in [2.75, 3.05) is 11.4 Å².